The Morgan fingerprint density at radius 1 is 0.603 bits per heavy atom. The first-order valence-corrected chi connectivity index (χ1v) is 20.2. The lowest BCUT2D eigenvalue weighted by atomic mass is 9.96. The van der Waals surface area contributed by atoms with E-state index in [0.29, 0.717) is 6.42 Å². The fourth-order valence-corrected chi connectivity index (χ4v) is 6.78. The largest absolute Gasteiger partial charge is 0.394 e. The van der Waals surface area contributed by atoms with Crippen LogP contribution in [0, 0.1) is 0 Å². The second-order valence-electron chi connectivity index (χ2n) is 14.8. The summed E-state index contributed by atoms with van der Waals surface area (Å²) >= 11 is 0. The van der Waals surface area contributed by atoms with Crippen LogP contribution in [0.4, 0.5) is 0 Å². The van der Waals surface area contributed by atoms with Gasteiger partial charge in [0.15, 0.2) is 18.9 Å². The van der Waals surface area contributed by atoms with Crippen molar-refractivity contribution < 1.29 is 89.4 Å². The minimum absolute atomic E-state index is 0.389. The lowest BCUT2D eigenvalue weighted by molar-refractivity contribution is -0.379. The van der Waals surface area contributed by atoms with Crippen molar-refractivity contribution in [2.45, 2.75) is 176 Å². The van der Waals surface area contributed by atoms with Gasteiger partial charge in [0, 0.05) is 6.92 Å². The number of carbonyl (C=O) groups excluding carboxylic acids is 1. The van der Waals surface area contributed by atoms with Crippen LogP contribution in [0.2, 0.25) is 0 Å². The van der Waals surface area contributed by atoms with Crippen LogP contribution in [0.3, 0.4) is 0 Å². The van der Waals surface area contributed by atoms with Gasteiger partial charge in [-0.2, -0.15) is 0 Å². The Morgan fingerprint density at radius 2 is 1.07 bits per heavy atom. The second kappa shape index (κ2) is 26.4. The zero-order valence-corrected chi connectivity index (χ0v) is 33.2. The van der Waals surface area contributed by atoms with Crippen molar-refractivity contribution in [1.82, 2.24) is 5.32 Å². The Hall–Kier alpha value is -1.99. The minimum atomic E-state index is -1.98. The van der Waals surface area contributed by atoms with Crippen molar-refractivity contribution in [2.75, 3.05) is 26.4 Å². The highest BCUT2D eigenvalue weighted by atomic mass is 16.8. The van der Waals surface area contributed by atoms with Crippen LogP contribution in [0.1, 0.15) is 71.6 Å². The van der Waals surface area contributed by atoms with Crippen LogP contribution >= 0.6 is 0 Å². The van der Waals surface area contributed by atoms with Crippen LogP contribution in [0.15, 0.2) is 36.5 Å². The molecule has 0 aromatic rings. The van der Waals surface area contributed by atoms with Gasteiger partial charge in [0.25, 0.3) is 0 Å². The van der Waals surface area contributed by atoms with Gasteiger partial charge in [0.05, 0.1) is 38.6 Å². The average Bonchev–Trinajstić information content (AvgIpc) is 3.21. The van der Waals surface area contributed by atoms with Gasteiger partial charge in [-0.1, -0.05) is 62.6 Å². The van der Waals surface area contributed by atoms with Crippen molar-refractivity contribution in [3.05, 3.63) is 36.5 Å². The van der Waals surface area contributed by atoms with Crippen molar-refractivity contribution in [2.24, 2.45) is 0 Å². The standard InChI is InChI=1S/C39H67NO18/c1-3-4-5-6-7-8-9-10-11-12-13-14-15-16-17-24(45)23(40-22(2)44)21-53-37-33(51)30(48)35(26(19-42)55-37)58-39-34(52)31(49)36(27(20-43)56-39)57-38-32(50)29(47)28(46)25(18-41)54-38/h8-9,12-13,16-17,23-39,41-43,45-52H,3-7,10-11,14-15,18-21H2,1-2H3,(H,40,44)/b9-8+,13-12+,17-16+. The van der Waals surface area contributed by atoms with Crippen LogP contribution in [0.25, 0.3) is 0 Å². The molecule has 19 heteroatoms. The van der Waals surface area contributed by atoms with Gasteiger partial charge in [-0.15, -0.1) is 0 Å². The first kappa shape index (κ1) is 50.4. The molecule has 3 fully saturated rings. The molecule has 0 saturated carbocycles. The Kier molecular flexibility index (Phi) is 22.9. The van der Waals surface area contributed by atoms with E-state index in [1.54, 1.807) is 6.08 Å². The van der Waals surface area contributed by atoms with E-state index in [2.05, 4.69) is 36.5 Å². The van der Waals surface area contributed by atoms with E-state index in [-0.39, 0.29) is 6.61 Å². The molecule has 3 saturated heterocycles. The first-order chi connectivity index (χ1) is 27.8. The maximum atomic E-state index is 11.9. The number of aliphatic hydroxyl groups excluding tert-OH is 11. The molecule has 0 aromatic heterocycles. The molecular weight excluding hydrogens is 770 g/mol. The van der Waals surface area contributed by atoms with Crippen LogP contribution in [-0.4, -0.2) is 193 Å². The first-order valence-electron chi connectivity index (χ1n) is 20.2. The third-order valence-corrected chi connectivity index (χ3v) is 10.2. The zero-order chi connectivity index (χ0) is 42.8. The summed E-state index contributed by atoms with van der Waals surface area (Å²) in [6, 6.07) is -0.992. The van der Waals surface area contributed by atoms with Gasteiger partial charge in [-0.25, -0.2) is 0 Å². The van der Waals surface area contributed by atoms with E-state index in [0.717, 1.165) is 25.7 Å². The highest BCUT2D eigenvalue weighted by molar-refractivity contribution is 5.73. The number of nitrogens with one attached hydrogen (secondary N) is 1. The van der Waals surface area contributed by atoms with Gasteiger partial charge in [-0.3, -0.25) is 4.79 Å². The quantitative estimate of drug-likeness (QED) is 0.0354. The molecule has 0 bridgehead atoms. The number of hydrogen-bond acceptors (Lipinski definition) is 18. The van der Waals surface area contributed by atoms with Gasteiger partial charge < -0.3 is 89.9 Å². The third-order valence-electron chi connectivity index (χ3n) is 10.2. The normalized spacial score (nSPS) is 37.2. The van der Waals surface area contributed by atoms with E-state index in [9.17, 15) is 61.0 Å². The van der Waals surface area contributed by atoms with Crippen molar-refractivity contribution in [3.8, 4) is 0 Å². The Morgan fingerprint density at radius 3 is 1.59 bits per heavy atom. The molecule has 3 aliphatic heterocycles. The molecular formula is C39H67NO18. The lowest BCUT2D eigenvalue weighted by Gasteiger charge is -2.48. The second-order valence-corrected chi connectivity index (χ2v) is 14.8. The van der Waals surface area contributed by atoms with Crippen molar-refractivity contribution >= 4 is 5.91 Å². The van der Waals surface area contributed by atoms with Gasteiger partial charge in [0.2, 0.25) is 5.91 Å². The van der Waals surface area contributed by atoms with Crippen molar-refractivity contribution in [3.63, 3.8) is 0 Å². The Bertz CT molecular complexity index is 1240. The number of amides is 1. The molecule has 3 heterocycles. The number of rotatable bonds is 24. The van der Waals surface area contributed by atoms with E-state index in [4.69, 9.17) is 28.4 Å². The highest BCUT2D eigenvalue weighted by Crippen LogP contribution is 2.32. The third kappa shape index (κ3) is 14.9. The molecule has 19 nitrogen and oxygen atoms in total. The van der Waals surface area contributed by atoms with Crippen LogP contribution in [0.5, 0.6) is 0 Å². The summed E-state index contributed by atoms with van der Waals surface area (Å²) in [6.07, 6.45) is -5.58. The number of aliphatic hydroxyl groups is 11. The zero-order valence-electron chi connectivity index (χ0n) is 33.2. The molecule has 0 aromatic carbocycles. The van der Waals surface area contributed by atoms with Gasteiger partial charge in [0.1, 0.15) is 73.2 Å². The van der Waals surface area contributed by atoms with Crippen LogP contribution < -0.4 is 5.32 Å². The molecule has 58 heavy (non-hydrogen) atoms. The average molecular weight is 838 g/mol. The van der Waals surface area contributed by atoms with Crippen molar-refractivity contribution in [1.29, 1.82) is 0 Å². The maximum Gasteiger partial charge on any atom is 0.217 e. The molecule has 0 aliphatic carbocycles. The van der Waals surface area contributed by atoms with Gasteiger partial charge >= 0.3 is 0 Å². The summed E-state index contributed by atoms with van der Waals surface area (Å²) in [4.78, 5) is 11.9. The van der Waals surface area contributed by atoms with Crippen LogP contribution in [-0.2, 0) is 33.2 Å². The van der Waals surface area contributed by atoms with E-state index in [1.165, 1.54) is 38.7 Å². The fourth-order valence-electron chi connectivity index (χ4n) is 6.78. The maximum absolute atomic E-state index is 11.9. The number of carbonyl (C=O) groups is 1. The highest BCUT2D eigenvalue weighted by Gasteiger charge is 2.53. The van der Waals surface area contributed by atoms with E-state index in [1.807, 2.05) is 0 Å². The monoisotopic (exact) mass is 837 g/mol. The summed E-state index contributed by atoms with van der Waals surface area (Å²) in [5.41, 5.74) is 0. The molecule has 336 valence electrons. The predicted molar refractivity (Wildman–Crippen MR) is 203 cm³/mol. The lowest BCUT2D eigenvalue weighted by Crippen LogP contribution is -2.66. The molecule has 1 amide bonds. The van der Waals surface area contributed by atoms with Gasteiger partial charge in [-0.05, 0) is 38.5 Å². The molecule has 17 unspecified atom stereocenters. The Labute approximate surface area is 339 Å². The van der Waals surface area contributed by atoms with E-state index < -0.39 is 130 Å². The Balaban J connectivity index is 1.52. The number of unbranched alkanes of at least 4 members (excludes halogenated alkanes) is 6. The predicted octanol–water partition coefficient (Wildman–Crippen LogP) is -2.48. The summed E-state index contributed by atoms with van der Waals surface area (Å²) < 4.78 is 33.5. The summed E-state index contributed by atoms with van der Waals surface area (Å²) in [6.45, 7) is 0.623. The molecule has 3 rings (SSSR count). The molecule has 0 radical (unpaired) electrons. The van der Waals surface area contributed by atoms with E-state index >= 15 is 0 Å². The number of ether oxygens (including phenoxy) is 6. The summed E-state index contributed by atoms with van der Waals surface area (Å²) in [7, 11) is 0. The summed E-state index contributed by atoms with van der Waals surface area (Å²) in [5, 5.41) is 117. The minimum Gasteiger partial charge on any atom is -0.394 e. The summed E-state index contributed by atoms with van der Waals surface area (Å²) in [5.74, 6) is -0.471. The fraction of sp³-hybridized carbons (Fsp3) is 0.821. The molecule has 12 N–H and O–H groups in total. The SMILES string of the molecule is CCCCCC/C=C/CC/C=C/CC/C=C/C(O)C(COC1OC(CO)C(OC2OC(CO)C(OC3OC(CO)C(O)C(O)C3O)C(O)C2O)C(O)C1O)NC(C)=O. The molecule has 0 spiro atoms. The number of allylic oxidation sites excluding steroid dienone is 5. The molecule has 3 aliphatic rings. The topological polar surface area (TPSA) is 307 Å². The molecule has 17 atom stereocenters. The number of hydrogen-bond donors (Lipinski definition) is 12. The smallest absolute Gasteiger partial charge is 0.217 e.